The first-order valence-corrected chi connectivity index (χ1v) is 9.04. The van der Waals surface area contributed by atoms with Crippen LogP contribution in [-0.4, -0.2) is 62.8 Å². The molecule has 0 unspecified atom stereocenters. The zero-order chi connectivity index (χ0) is 16.1. The van der Waals surface area contributed by atoms with Crippen LogP contribution in [0.1, 0.15) is 0 Å². The molecule has 1 N–H and O–H groups in total. The van der Waals surface area contributed by atoms with Gasteiger partial charge in [-0.3, -0.25) is 0 Å². The Morgan fingerprint density at radius 3 is 1.48 bits per heavy atom. The normalized spacial score (nSPS) is 43.1. The molecule has 23 heavy (non-hydrogen) atoms. The van der Waals surface area contributed by atoms with Crippen LogP contribution in [-0.2, 0) is 41.5 Å². The molecule has 0 amide bonds. The summed E-state index contributed by atoms with van der Waals surface area (Å²) < 4.78 is 38.1. The van der Waals surface area contributed by atoms with Gasteiger partial charge in [0.15, 0.2) is 0 Å². The Kier molecular flexibility index (Phi) is 4.06. The van der Waals surface area contributed by atoms with Gasteiger partial charge in [-0.25, -0.2) is 9.59 Å². The number of carbonyl (C=O) groups excluding carboxylic acids is 1. The highest BCUT2D eigenvalue weighted by molar-refractivity contribution is 7.42. The number of aliphatic carboxylic acids is 1. The molecule has 12 heteroatoms. The maximum Gasteiger partial charge on any atom is 0.417 e. The Hall–Kier alpha value is -0.440. The number of carboxylic acids is 1. The lowest BCUT2D eigenvalue weighted by molar-refractivity contribution is -0.230. The number of hydrogen-bond acceptors (Lipinski definition) is 9. The first-order valence-electron chi connectivity index (χ1n) is 6.85. The molecule has 6 aliphatic rings. The number of esters is 1. The number of rotatable bonds is 3. The van der Waals surface area contributed by atoms with E-state index in [-0.39, 0.29) is 39.6 Å². The second kappa shape index (κ2) is 5.82. The number of carbonyl (C=O) groups is 2. The van der Waals surface area contributed by atoms with Crippen molar-refractivity contribution in [1.29, 1.82) is 0 Å². The topological polar surface area (TPSA) is 119 Å². The number of fused-ring (bicyclic) bond motifs is 6. The molecule has 0 radical (unpaired) electrons. The number of carboxylic acid groups (broad SMARTS) is 1. The SMILES string of the molecule is O=C(O)C(=O)OC(C12COP(OC1)OC2)C12COP(OC1)OC2. The molecule has 6 aliphatic heterocycles. The van der Waals surface area contributed by atoms with E-state index in [2.05, 4.69) is 0 Å². The third-order valence-electron chi connectivity index (χ3n) is 4.26. The van der Waals surface area contributed by atoms with Crippen LogP contribution in [0.2, 0.25) is 0 Å². The van der Waals surface area contributed by atoms with Gasteiger partial charge < -0.3 is 37.0 Å². The molecule has 0 aromatic rings. The van der Waals surface area contributed by atoms with Gasteiger partial charge in [-0.15, -0.1) is 0 Å². The standard InChI is InChI=1S/C11H14O10P2/c12-7(13)8(14)21-9(10-1-15-22(16-2-10)17-3-10)11-4-18-23(19-5-11)20-6-11/h9H,1-6H2,(H,12,13). The number of ether oxygens (including phenoxy) is 1. The van der Waals surface area contributed by atoms with Crippen LogP contribution in [0.15, 0.2) is 0 Å². The van der Waals surface area contributed by atoms with Gasteiger partial charge in [-0.05, 0) is 0 Å². The third-order valence-corrected chi connectivity index (χ3v) is 6.30. The van der Waals surface area contributed by atoms with Gasteiger partial charge in [0.05, 0.1) is 50.5 Å². The van der Waals surface area contributed by atoms with Crippen molar-refractivity contribution in [2.45, 2.75) is 6.10 Å². The lowest BCUT2D eigenvalue weighted by Crippen LogP contribution is -2.65. The molecule has 0 aromatic carbocycles. The highest BCUT2D eigenvalue weighted by Crippen LogP contribution is 2.61. The first-order chi connectivity index (χ1) is 11.0. The van der Waals surface area contributed by atoms with E-state index in [1.165, 1.54) is 0 Å². The quantitative estimate of drug-likeness (QED) is 0.430. The lowest BCUT2D eigenvalue weighted by atomic mass is 9.69. The average molecular weight is 368 g/mol. The molecule has 128 valence electrons. The summed E-state index contributed by atoms with van der Waals surface area (Å²) in [5.41, 5.74) is -1.65. The molecule has 0 atom stereocenters. The van der Waals surface area contributed by atoms with Crippen LogP contribution in [0, 0.1) is 10.8 Å². The average Bonchev–Trinajstić information content (AvgIpc) is 2.62. The van der Waals surface area contributed by atoms with Gasteiger partial charge in [0, 0.05) is 0 Å². The Morgan fingerprint density at radius 1 is 0.826 bits per heavy atom. The van der Waals surface area contributed by atoms with Crippen molar-refractivity contribution in [2.24, 2.45) is 10.8 Å². The Morgan fingerprint density at radius 2 is 1.17 bits per heavy atom. The third kappa shape index (κ3) is 2.67. The van der Waals surface area contributed by atoms with Gasteiger partial charge in [-0.2, -0.15) is 0 Å². The van der Waals surface area contributed by atoms with E-state index in [0.29, 0.717) is 0 Å². The maximum atomic E-state index is 11.7. The van der Waals surface area contributed by atoms with E-state index < -0.39 is 46.1 Å². The second-order valence-corrected chi connectivity index (χ2v) is 8.35. The van der Waals surface area contributed by atoms with Crippen LogP contribution in [0.5, 0.6) is 0 Å². The van der Waals surface area contributed by atoms with Crippen LogP contribution in [0.25, 0.3) is 0 Å². The van der Waals surface area contributed by atoms with Crippen LogP contribution in [0.4, 0.5) is 0 Å². The highest BCUT2D eigenvalue weighted by Gasteiger charge is 2.63. The smallest absolute Gasteiger partial charge is 0.417 e. The second-order valence-electron chi connectivity index (χ2n) is 5.90. The maximum absolute atomic E-state index is 11.7. The van der Waals surface area contributed by atoms with Crippen molar-refractivity contribution in [3.8, 4) is 0 Å². The minimum Gasteiger partial charge on any atom is -0.473 e. The van der Waals surface area contributed by atoms with Crippen molar-refractivity contribution in [1.82, 2.24) is 0 Å². The zero-order valence-electron chi connectivity index (χ0n) is 11.8. The first kappa shape index (κ1) is 16.1. The molecule has 0 aromatic heterocycles. The lowest BCUT2D eigenvalue weighted by Gasteiger charge is -2.55. The summed E-state index contributed by atoms with van der Waals surface area (Å²) >= 11 is 0. The fourth-order valence-corrected chi connectivity index (χ4v) is 5.69. The summed E-state index contributed by atoms with van der Waals surface area (Å²) in [6, 6.07) is 0. The Labute approximate surface area is 133 Å². The minimum absolute atomic E-state index is 0.243. The fourth-order valence-electron chi connectivity index (χ4n) is 3.07. The van der Waals surface area contributed by atoms with E-state index in [4.69, 9.17) is 37.0 Å². The van der Waals surface area contributed by atoms with Crippen molar-refractivity contribution < 1.29 is 46.6 Å². The van der Waals surface area contributed by atoms with E-state index in [0.717, 1.165) is 0 Å². The van der Waals surface area contributed by atoms with Crippen LogP contribution in [0.3, 0.4) is 0 Å². The fraction of sp³-hybridized carbons (Fsp3) is 0.818. The summed E-state index contributed by atoms with van der Waals surface area (Å²) in [5, 5.41) is 8.91. The molecule has 4 bridgehead atoms. The highest BCUT2D eigenvalue weighted by atomic mass is 31.2. The summed E-state index contributed by atoms with van der Waals surface area (Å²) in [5.74, 6) is -3.02. The summed E-state index contributed by atoms with van der Waals surface area (Å²) in [4.78, 5) is 22.7. The monoisotopic (exact) mass is 368 g/mol. The zero-order valence-corrected chi connectivity index (χ0v) is 13.6. The molecule has 0 saturated carbocycles. The predicted molar refractivity (Wildman–Crippen MR) is 71.9 cm³/mol. The molecule has 6 fully saturated rings. The molecule has 10 nitrogen and oxygen atoms in total. The van der Waals surface area contributed by atoms with E-state index in [1.807, 2.05) is 0 Å². The van der Waals surface area contributed by atoms with Gasteiger partial charge in [0.1, 0.15) is 6.10 Å². The largest absolute Gasteiger partial charge is 0.473 e. The number of hydrogen-bond donors (Lipinski definition) is 1. The molecular weight excluding hydrogens is 354 g/mol. The van der Waals surface area contributed by atoms with E-state index in [1.54, 1.807) is 0 Å². The van der Waals surface area contributed by atoms with Gasteiger partial charge >= 0.3 is 29.1 Å². The van der Waals surface area contributed by atoms with Gasteiger partial charge in [0.2, 0.25) is 0 Å². The van der Waals surface area contributed by atoms with Crippen molar-refractivity contribution in [3.05, 3.63) is 0 Å². The molecule has 0 aliphatic carbocycles. The van der Waals surface area contributed by atoms with Gasteiger partial charge in [-0.1, -0.05) is 0 Å². The van der Waals surface area contributed by atoms with E-state index in [9.17, 15) is 9.59 Å². The van der Waals surface area contributed by atoms with Crippen molar-refractivity contribution >= 4 is 29.1 Å². The van der Waals surface area contributed by atoms with Crippen molar-refractivity contribution in [2.75, 3.05) is 39.6 Å². The molecular formula is C11H14O10P2. The molecule has 6 saturated heterocycles. The minimum atomic E-state index is -1.67. The summed E-state index contributed by atoms with van der Waals surface area (Å²) in [6.07, 6.45) is -0.895. The predicted octanol–water partition coefficient (Wildman–Crippen LogP) is 0.563. The molecule has 0 spiro atoms. The molecule has 6 heterocycles. The van der Waals surface area contributed by atoms with E-state index >= 15 is 0 Å². The molecule has 6 rings (SSSR count). The summed E-state index contributed by atoms with van der Waals surface area (Å²) in [7, 11) is -2.74. The summed E-state index contributed by atoms with van der Waals surface area (Å²) in [6.45, 7) is 1.46. The van der Waals surface area contributed by atoms with Gasteiger partial charge in [0.25, 0.3) is 0 Å². The van der Waals surface area contributed by atoms with Crippen LogP contribution < -0.4 is 0 Å². The Bertz CT molecular complexity index is 451. The Balaban J connectivity index is 1.66. The van der Waals surface area contributed by atoms with Crippen LogP contribution >= 0.6 is 17.2 Å². The van der Waals surface area contributed by atoms with Crippen molar-refractivity contribution in [3.63, 3.8) is 0 Å².